The first kappa shape index (κ1) is 20.2. The zero-order valence-corrected chi connectivity index (χ0v) is 14.6. The van der Waals surface area contributed by atoms with Crippen molar-refractivity contribution < 1.29 is 4.79 Å². The molecule has 0 saturated heterocycles. The topological polar surface area (TPSA) is 29.1 Å². The monoisotopic (exact) mass is 295 g/mol. The molecular formula is C19H37NO. The second-order valence-electron chi connectivity index (χ2n) is 6.11. The predicted molar refractivity (Wildman–Crippen MR) is 93.5 cm³/mol. The Morgan fingerprint density at radius 2 is 1.33 bits per heavy atom. The SMILES string of the molecule is C/C=C/C(=O)NC(CCCCCCC)CCCCCCC. The summed E-state index contributed by atoms with van der Waals surface area (Å²) in [5.41, 5.74) is 0. The molecule has 1 N–H and O–H groups in total. The van der Waals surface area contributed by atoms with Gasteiger partial charge in [-0.15, -0.1) is 0 Å². The molecule has 0 aromatic heterocycles. The first-order chi connectivity index (χ1) is 10.2. The fourth-order valence-electron chi connectivity index (χ4n) is 2.68. The molecule has 0 bridgehead atoms. The summed E-state index contributed by atoms with van der Waals surface area (Å²) in [7, 11) is 0. The van der Waals surface area contributed by atoms with Gasteiger partial charge in [-0.1, -0.05) is 84.1 Å². The van der Waals surface area contributed by atoms with E-state index in [0.29, 0.717) is 6.04 Å². The molecule has 124 valence electrons. The molecule has 0 aliphatic heterocycles. The smallest absolute Gasteiger partial charge is 0.243 e. The van der Waals surface area contributed by atoms with Crippen LogP contribution >= 0.6 is 0 Å². The third-order valence-corrected chi connectivity index (χ3v) is 3.98. The number of unbranched alkanes of at least 4 members (excludes halogenated alkanes) is 8. The van der Waals surface area contributed by atoms with E-state index in [9.17, 15) is 4.79 Å². The molecule has 1 amide bonds. The molecule has 0 fully saturated rings. The summed E-state index contributed by atoms with van der Waals surface area (Å²) in [6.07, 6.45) is 18.8. The highest BCUT2D eigenvalue weighted by Gasteiger charge is 2.10. The van der Waals surface area contributed by atoms with Gasteiger partial charge >= 0.3 is 0 Å². The number of amides is 1. The van der Waals surface area contributed by atoms with Crippen LogP contribution in [0.5, 0.6) is 0 Å². The summed E-state index contributed by atoms with van der Waals surface area (Å²) in [4.78, 5) is 11.7. The standard InChI is InChI=1S/C19H37NO/c1-4-7-9-11-13-16-18(20-19(21)15-6-3)17-14-12-10-8-5-2/h6,15,18H,4-5,7-14,16-17H2,1-3H3,(H,20,21)/b15-6+. The zero-order valence-electron chi connectivity index (χ0n) is 14.6. The molecule has 0 aliphatic carbocycles. The molecule has 2 heteroatoms. The van der Waals surface area contributed by atoms with Crippen LogP contribution in [0.1, 0.15) is 97.8 Å². The van der Waals surface area contributed by atoms with Gasteiger partial charge in [0.25, 0.3) is 0 Å². The zero-order chi connectivity index (χ0) is 15.8. The quantitative estimate of drug-likeness (QED) is 0.320. The van der Waals surface area contributed by atoms with Gasteiger partial charge in [0.15, 0.2) is 0 Å². The summed E-state index contributed by atoms with van der Waals surface area (Å²) in [6.45, 7) is 6.39. The summed E-state index contributed by atoms with van der Waals surface area (Å²) in [6, 6.07) is 0.372. The molecule has 0 heterocycles. The Morgan fingerprint density at radius 3 is 1.76 bits per heavy atom. The van der Waals surface area contributed by atoms with E-state index in [4.69, 9.17) is 0 Å². The molecule has 0 saturated carbocycles. The van der Waals surface area contributed by atoms with Gasteiger partial charge in [-0.25, -0.2) is 0 Å². The number of carbonyl (C=O) groups excluding carboxylic acids is 1. The van der Waals surface area contributed by atoms with Crippen LogP contribution in [-0.4, -0.2) is 11.9 Å². The lowest BCUT2D eigenvalue weighted by Gasteiger charge is -2.18. The second kappa shape index (κ2) is 15.6. The van der Waals surface area contributed by atoms with Crippen LogP contribution in [-0.2, 0) is 4.79 Å². The average Bonchev–Trinajstić information content (AvgIpc) is 2.46. The third-order valence-electron chi connectivity index (χ3n) is 3.98. The Bertz CT molecular complexity index is 246. The Kier molecular flexibility index (Phi) is 15.0. The van der Waals surface area contributed by atoms with E-state index >= 15 is 0 Å². The number of allylic oxidation sites excluding steroid dienone is 1. The number of hydrogen-bond acceptors (Lipinski definition) is 1. The van der Waals surface area contributed by atoms with E-state index in [-0.39, 0.29) is 5.91 Å². The maximum atomic E-state index is 11.7. The molecule has 21 heavy (non-hydrogen) atoms. The maximum absolute atomic E-state index is 11.7. The Morgan fingerprint density at radius 1 is 0.857 bits per heavy atom. The van der Waals surface area contributed by atoms with Crippen LogP contribution in [0.4, 0.5) is 0 Å². The second-order valence-corrected chi connectivity index (χ2v) is 6.11. The van der Waals surface area contributed by atoms with Gasteiger partial charge in [0, 0.05) is 6.04 Å². The van der Waals surface area contributed by atoms with Crippen molar-refractivity contribution in [3.63, 3.8) is 0 Å². The lowest BCUT2D eigenvalue weighted by molar-refractivity contribution is -0.117. The van der Waals surface area contributed by atoms with Crippen LogP contribution in [0.15, 0.2) is 12.2 Å². The van der Waals surface area contributed by atoms with Crippen LogP contribution in [0.3, 0.4) is 0 Å². The summed E-state index contributed by atoms with van der Waals surface area (Å²) in [5, 5.41) is 3.17. The summed E-state index contributed by atoms with van der Waals surface area (Å²) >= 11 is 0. The highest BCUT2D eigenvalue weighted by molar-refractivity contribution is 5.87. The number of nitrogens with one attached hydrogen (secondary N) is 1. The van der Waals surface area contributed by atoms with Crippen molar-refractivity contribution in [1.29, 1.82) is 0 Å². The Hall–Kier alpha value is -0.790. The fraction of sp³-hybridized carbons (Fsp3) is 0.842. The van der Waals surface area contributed by atoms with Crippen LogP contribution in [0.25, 0.3) is 0 Å². The molecule has 0 atom stereocenters. The molecule has 0 rings (SSSR count). The highest BCUT2D eigenvalue weighted by Crippen LogP contribution is 2.13. The van der Waals surface area contributed by atoms with Crippen molar-refractivity contribution in [3.05, 3.63) is 12.2 Å². The number of carbonyl (C=O) groups is 1. The number of rotatable bonds is 14. The molecule has 0 aromatic carbocycles. The first-order valence-corrected chi connectivity index (χ1v) is 9.17. The molecule has 0 unspecified atom stereocenters. The summed E-state index contributed by atoms with van der Waals surface area (Å²) in [5.74, 6) is 0.0737. The minimum atomic E-state index is 0.0737. The molecule has 0 radical (unpaired) electrons. The molecule has 0 spiro atoms. The lowest BCUT2D eigenvalue weighted by Crippen LogP contribution is -2.33. The molecule has 0 aliphatic rings. The predicted octanol–water partition coefficient (Wildman–Crippen LogP) is 5.77. The first-order valence-electron chi connectivity index (χ1n) is 9.17. The minimum absolute atomic E-state index is 0.0737. The maximum Gasteiger partial charge on any atom is 0.243 e. The van der Waals surface area contributed by atoms with Crippen molar-refractivity contribution in [2.24, 2.45) is 0 Å². The van der Waals surface area contributed by atoms with Gasteiger partial charge in [-0.3, -0.25) is 4.79 Å². The van der Waals surface area contributed by atoms with Crippen molar-refractivity contribution in [2.75, 3.05) is 0 Å². The van der Waals surface area contributed by atoms with Crippen molar-refractivity contribution in [2.45, 2.75) is 104 Å². The summed E-state index contributed by atoms with van der Waals surface area (Å²) < 4.78 is 0. The largest absolute Gasteiger partial charge is 0.350 e. The van der Waals surface area contributed by atoms with E-state index in [0.717, 1.165) is 12.8 Å². The Balaban J connectivity index is 3.93. The van der Waals surface area contributed by atoms with Gasteiger partial charge in [0.05, 0.1) is 0 Å². The van der Waals surface area contributed by atoms with Crippen LogP contribution in [0.2, 0.25) is 0 Å². The van der Waals surface area contributed by atoms with Gasteiger partial charge < -0.3 is 5.32 Å². The molecular weight excluding hydrogens is 258 g/mol. The van der Waals surface area contributed by atoms with Crippen molar-refractivity contribution >= 4 is 5.91 Å². The average molecular weight is 296 g/mol. The minimum Gasteiger partial charge on any atom is -0.350 e. The van der Waals surface area contributed by atoms with Crippen LogP contribution < -0.4 is 5.32 Å². The van der Waals surface area contributed by atoms with Gasteiger partial charge in [0.2, 0.25) is 5.91 Å². The van der Waals surface area contributed by atoms with E-state index < -0.39 is 0 Å². The van der Waals surface area contributed by atoms with E-state index in [1.807, 2.05) is 13.0 Å². The van der Waals surface area contributed by atoms with Gasteiger partial charge in [0.1, 0.15) is 0 Å². The normalized spacial score (nSPS) is 11.4. The number of hydrogen-bond donors (Lipinski definition) is 1. The third kappa shape index (κ3) is 13.9. The van der Waals surface area contributed by atoms with Crippen LogP contribution in [0, 0.1) is 0 Å². The highest BCUT2D eigenvalue weighted by atomic mass is 16.1. The molecule has 0 aromatic rings. The Labute approximate surface area is 132 Å². The van der Waals surface area contributed by atoms with E-state index in [2.05, 4.69) is 19.2 Å². The van der Waals surface area contributed by atoms with E-state index in [1.165, 1.54) is 64.2 Å². The van der Waals surface area contributed by atoms with E-state index in [1.54, 1.807) is 6.08 Å². The fourth-order valence-corrected chi connectivity index (χ4v) is 2.68. The van der Waals surface area contributed by atoms with Crippen molar-refractivity contribution in [1.82, 2.24) is 5.32 Å². The molecule has 2 nitrogen and oxygen atoms in total. The lowest BCUT2D eigenvalue weighted by atomic mass is 10.0. The van der Waals surface area contributed by atoms with Gasteiger partial charge in [-0.05, 0) is 25.8 Å². The van der Waals surface area contributed by atoms with Crippen molar-refractivity contribution in [3.8, 4) is 0 Å². The van der Waals surface area contributed by atoms with Gasteiger partial charge in [-0.2, -0.15) is 0 Å².